The molecule has 0 bridgehead atoms. The zero-order valence-corrected chi connectivity index (χ0v) is 9.82. The SMILES string of the molecule is Fc1cccc2c1CC1=C(CCC=C1)SC2. The maximum Gasteiger partial charge on any atom is 0.127 e. The third-order valence-electron chi connectivity index (χ3n) is 3.20. The molecule has 0 fully saturated rings. The van der Waals surface area contributed by atoms with Crippen LogP contribution in [0.2, 0.25) is 0 Å². The minimum absolute atomic E-state index is 0.0502. The molecule has 0 saturated carbocycles. The molecule has 0 unspecified atom stereocenters. The van der Waals surface area contributed by atoms with Gasteiger partial charge in [-0.3, -0.25) is 0 Å². The summed E-state index contributed by atoms with van der Waals surface area (Å²) in [5.74, 6) is 0.866. The van der Waals surface area contributed by atoms with Crippen LogP contribution in [0, 0.1) is 5.82 Å². The standard InChI is InChI=1S/C14H13FS/c15-13-6-3-5-11-9-16-14-7-2-1-4-10(14)8-12(11)13/h1,3-6H,2,7-9H2. The summed E-state index contributed by atoms with van der Waals surface area (Å²) in [6.45, 7) is 0. The van der Waals surface area contributed by atoms with Crippen molar-refractivity contribution in [3.63, 3.8) is 0 Å². The fourth-order valence-electron chi connectivity index (χ4n) is 2.31. The molecule has 1 aliphatic heterocycles. The lowest BCUT2D eigenvalue weighted by Gasteiger charge is -2.12. The zero-order valence-electron chi connectivity index (χ0n) is 9.00. The number of thioether (sulfide) groups is 1. The van der Waals surface area contributed by atoms with Crippen LogP contribution < -0.4 is 0 Å². The Balaban J connectivity index is 2.05. The molecular formula is C14H13FS. The summed E-state index contributed by atoms with van der Waals surface area (Å²) >= 11 is 1.88. The Labute approximate surface area is 99.2 Å². The number of benzene rings is 1. The Morgan fingerprint density at radius 1 is 1.25 bits per heavy atom. The summed E-state index contributed by atoms with van der Waals surface area (Å²) in [4.78, 5) is 1.46. The topological polar surface area (TPSA) is 0 Å². The molecule has 0 radical (unpaired) electrons. The molecule has 0 nitrogen and oxygen atoms in total. The highest BCUT2D eigenvalue weighted by Gasteiger charge is 2.18. The van der Waals surface area contributed by atoms with Gasteiger partial charge in [-0.25, -0.2) is 4.39 Å². The minimum atomic E-state index is -0.0502. The number of hydrogen-bond acceptors (Lipinski definition) is 1. The predicted molar refractivity (Wildman–Crippen MR) is 66.8 cm³/mol. The monoisotopic (exact) mass is 232 g/mol. The van der Waals surface area contributed by atoms with E-state index in [4.69, 9.17) is 0 Å². The Morgan fingerprint density at radius 2 is 2.19 bits per heavy atom. The van der Waals surface area contributed by atoms with Gasteiger partial charge in [-0.1, -0.05) is 24.3 Å². The first-order valence-electron chi connectivity index (χ1n) is 5.62. The summed E-state index contributed by atoms with van der Waals surface area (Å²) in [5, 5.41) is 0. The van der Waals surface area contributed by atoms with Gasteiger partial charge in [0, 0.05) is 12.2 Å². The number of halogens is 1. The predicted octanol–water partition coefficient (Wildman–Crippen LogP) is 4.22. The Hall–Kier alpha value is -1.02. The molecule has 2 heteroatoms. The van der Waals surface area contributed by atoms with Gasteiger partial charge in [-0.2, -0.15) is 0 Å². The summed E-state index contributed by atoms with van der Waals surface area (Å²) < 4.78 is 13.8. The average molecular weight is 232 g/mol. The number of fused-ring (bicyclic) bond motifs is 1. The fourth-order valence-corrected chi connectivity index (χ4v) is 3.50. The van der Waals surface area contributed by atoms with Crippen LogP contribution in [0.4, 0.5) is 4.39 Å². The molecule has 0 saturated heterocycles. The summed E-state index contributed by atoms with van der Waals surface area (Å²) in [6, 6.07) is 5.43. The van der Waals surface area contributed by atoms with E-state index in [0.29, 0.717) is 0 Å². The molecule has 0 N–H and O–H groups in total. The lowest BCUT2D eigenvalue weighted by molar-refractivity contribution is 0.612. The van der Waals surface area contributed by atoms with Crippen molar-refractivity contribution in [3.8, 4) is 0 Å². The number of hydrogen-bond donors (Lipinski definition) is 0. The van der Waals surface area contributed by atoms with Gasteiger partial charge >= 0.3 is 0 Å². The second-order valence-corrected chi connectivity index (χ2v) is 5.30. The van der Waals surface area contributed by atoms with Crippen molar-refractivity contribution < 1.29 is 4.39 Å². The van der Waals surface area contributed by atoms with E-state index in [2.05, 4.69) is 12.2 Å². The molecule has 2 aliphatic rings. The van der Waals surface area contributed by atoms with Crippen LogP contribution in [-0.4, -0.2) is 0 Å². The van der Waals surface area contributed by atoms with E-state index < -0.39 is 0 Å². The van der Waals surface area contributed by atoms with Gasteiger partial charge in [-0.15, -0.1) is 11.8 Å². The molecule has 0 aromatic heterocycles. The highest BCUT2D eigenvalue weighted by atomic mass is 32.2. The molecule has 0 amide bonds. The van der Waals surface area contributed by atoms with E-state index in [0.717, 1.165) is 36.1 Å². The zero-order chi connectivity index (χ0) is 11.0. The van der Waals surface area contributed by atoms with Gasteiger partial charge in [0.15, 0.2) is 0 Å². The lowest BCUT2D eigenvalue weighted by Crippen LogP contribution is -1.98. The van der Waals surface area contributed by atoms with Gasteiger partial charge in [-0.05, 0) is 40.5 Å². The summed E-state index contributed by atoms with van der Waals surface area (Å²) in [5.41, 5.74) is 3.37. The van der Waals surface area contributed by atoms with Crippen LogP contribution in [0.25, 0.3) is 0 Å². The Morgan fingerprint density at radius 3 is 3.12 bits per heavy atom. The number of allylic oxidation sites excluding steroid dienone is 4. The highest BCUT2D eigenvalue weighted by molar-refractivity contribution is 8.02. The van der Waals surface area contributed by atoms with E-state index in [-0.39, 0.29) is 5.82 Å². The van der Waals surface area contributed by atoms with Gasteiger partial charge in [0.2, 0.25) is 0 Å². The van der Waals surface area contributed by atoms with Gasteiger partial charge in [0.1, 0.15) is 5.82 Å². The minimum Gasteiger partial charge on any atom is -0.207 e. The summed E-state index contributed by atoms with van der Waals surface area (Å²) in [6.07, 6.45) is 7.40. The molecule has 1 aliphatic carbocycles. The van der Waals surface area contributed by atoms with Crippen molar-refractivity contribution in [2.24, 2.45) is 0 Å². The van der Waals surface area contributed by atoms with E-state index in [1.807, 2.05) is 23.9 Å². The highest BCUT2D eigenvalue weighted by Crippen LogP contribution is 2.37. The van der Waals surface area contributed by atoms with Crippen molar-refractivity contribution >= 4 is 11.8 Å². The lowest BCUT2D eigenvalue weighted by atomic mass is 9.96. The molecule has 0 spiro atoms. The quantitative estimate of drug-likeness (QED) is 0.645. The van der Waals surface area contributed by atoms with Crippen molar-refractivity contribution in [2.75, 3.05) is 0 Å². The molecular weight excluding hydrogens is 219 g/mol. The first-order chi connectivity index (χ1) is 7.84. The first kappa shape index (κ1) is 10.2. The van der Waals surface area contributed by atoms with Gasteiger partial charge in [0.05, 0.1) is 0 Å². The van der Waals surface area contributed by atoms with Crippen LogP contribution in [0.5, 0.6) is 0 Å². The van der Waals surface area contributed by atoms with Crippen LogP contribution >= 0.6 is 11.8 Å². The smallest absolute Gasteiger partial charge is 0.127 e. The maximum absolute atomic E-state index is 13.8. The molecule has 3 rings (SSSR count). The fraction of sp³-hybridized carbons (Fsp3) is 0.286. The van der Waals surface area contributed by atoms with E-state index in [1.54, 1.807) is 6.07 Å². The van der Waals surface area contributed by atoms with E-state index in [9.17, 15) is 4.39 Å². The van der Waals surface area contributed by atoms with Crippen LogP contribution in [0.15, 0.2) is 40.8 Å². The molecule has 82 valence electrons. The van der Waals surface area contributed by atoms with Crippen molar-refractivity contribution in [3.05, 3.63) is 57.8 Å². The average Bonchev–Trinajstić information content (AvgIpc) is 2.50. The normalized spacial score (nSPS) is 19.1. The van der Waals surface area contributed by atoms with Crippen LogP contribution in [0.3, 0.4) is 0 Å². The first-order valence-corrected chi connectivity index (χ1v) is 6.61. The summed E-state index contributed by atoms with van der Waals surface area (Å²) in [7, 11) is 0. The molecule has 1 aromatic rings. The second kappa shape index (κ2) is 4.10. The second-order valence-electron chi connectivity index (χ2n) is 4.23. The Bertz CT molecular complexity index is 486. The van der Waals surface area contributed by atoms with Crippen LogP contribution in [-0.2, 0) is 12.2 Å². The number of rotatable bonds is 0. The van der Waals surface area contributed by atoms with Crippen molar-refractivity contribution in [1.82, 2.24) is 0 Å². The molecule has 0 atom stereocenters. The van der Waals surface area contributed by atoms with Gasteiger partial charge < -0.3 is 0 Å². The largest absolute Gasteiger partial charge is 0.207 e. The maximum atomic E-state index is 13.8. The molecule has 1 heterocycles. The third-order valence-corrected chi connectivity index (χ3v) is 4.47. The van der Waals surface area contributed by atoms with E-state index >= 15 is 0 Å². The van der Waals surface area contributed by atoms with E-state index in [1.165, 1.54) is 10.5 Å². The van der Waals surface area contributed by atoms with Crippen molar-refractivity contribution in [1.29, 1.82) is 0 Å². The van der Waals surface area contributed by atoms with Crippen LogP contribution in [0.1, 0.15) is 24.0 Å². The molecule has 16 heavy (non-hydrogen) atoms. The molecule has 1 aromatic carbocycles. The van der Waals surface area contributed by atoms with Crippen molar-refractivity contribution in [2.45, 2.75) is 25.0 Å². The third kappa shape index (κ3) is 1.71. The Kier molecular flexibility index (Phi) is 2.60. The van der Waals surface area contributed by atoms with Gasteiger partial charge in [0.25, 0.3) is 0 Å².